The van der Waals surface area contributed by atoms with Crippen LogP contribution in [0.2, 0.25) is 0 Å². The molecular weight excluding hydrogens is 490 g/mol. The van der Waals surface area contributed by atoms with Crippen molar-refractivity contribution in [2.45, 2.75) is 18.4 Å². The van der Waals surface area contributed by atoms with Crippen LogP contribution in [0.25, 0.3) is 11.0 Å². The van der Waals surface area contributed by atoms with Gasteiger partial charge in [0.25, 0.3) is 15.9 Å². The van der Waals surface area contributed by atoms with Crippen molar-refractivity contribution >= 4 is 32.7 Å². The van der Waals surface area contributed by atoms with Crippen molar-refractivity contribution in [3.05, 3.63) is 89.2 Å². The first-order chi connectivity index (χ1) is 17.2. The molecule has 8 nitrogen and oxygen atoms in total. The number of halogens is 2. The van der Waals surface area contributed by atoms with E-state index in [4.69, 9.17) is 4.74 Å². The number of hydrogen-bond donors (Lipinski definition) is 1. The average molecular weight is 511 g/mol. The Kier molecular flexibility index (Phi) is 6.00. The van der Waals surface area contributed by atoms with E-state index in [1.807, 2.05) is 0 Å². The van der Waals surface area contributed by atoms with E-state index in [9.17, 15) is 22.0 Å². The summed E-state index contributed by atoms with van der Waals surface area (Å²) in [5.74, 6) is -2.11. The van der Waals surface area contributed by atoms with E-state index in [2.05, 4.69) is 14.7 Å². The van der Waals surface area contributed by atoms with E-state index in [0.29, 0.717) is 11.1 Å². The average Bonchev–Trinajstić information content (AvgIpc) is 3.06. The maximum atomic E-state index is 14.5. The minimum atomic E-state index is -4.16. The van der Waals surface area contributed by atoms with Gasteiger partial charge in [-0.1, -0.05) is 12.1 Å². The highest BCUT2D eigenvalue weighted by Gasteiger charge is 2.27. The summed E-state index contributed by atoms with van der Waals surface area (Å²) in [5, 5.41) is 0. The lowest BCUT2D eigenvalue weighted by Crippen LogP contribution is -2.33. The van der Waals surface area contributed by atoms with Crippen molar-refractivity contribution in [1.82, 2.24) is 14.9 Å². The van der Waals surface area contributed by atoms with Crippen LogP contribution in [0.3, 0.4) is 0 Å². The number of benzene rings is 3. The van der Waals surface area contributed by atoms with Crippen LogP contribution in [-0.2, 0) is 16.6 Å². The number of aryl methyl sites for hydroxylation is 1. The second kappa shape index (κ2) is 9.15. The number of hydrogen-bond acceptors (Lipinski definition) is 6. The summed E-state index contributed by atoms with van der Waals surface area (Å²) >= 11 is 0. The van der Waals surface area contributed by atoms with Gasteiger partial charge in [0.1, 0.15) is 34.4 Å². The van der Waals surface area contributed by atoms with Gasteiger partial charge in [-0.15, -0.1) is 0 Å². The third-order valence-electron chi connectivity index (χ3n) is 5.78. The maximum Gasteiger partial charge on any atom is 0.264 e. The molecule has 36 heavy (non-hydrogen) atoms. The first kappa shape index (κ1) is 23.6. The molecule has 0 fully saturated rings. The number of ether oxygens (including phenoxy) is 1. The number of fused-ring (bicyclic) bond motifs is 2. The fourth-order valence-electron chi connectivity index (χ4n) is 4.05. The lowest BCUT2D eigenvalue weighted by molar-refractivity contribution is 0.0733. The highest BCUT2D eigenvalue weighted by Crippen LogP contribution is 2.30. The van der Waals surface area contributed by atoms with Gasteiger partial charge in [-0.2, -0.15) is 0 Å². The number of nitrogens with zero attached hydrogens (tertiary/aromatic N) is 3. The molecule has 0 unspecified atom stereocenters. The van der Waals surface area contributed by atoms with Gasteiger partial charge in [-0.05, 0) is 36.8 Å². The largest absolute Gasteiger partial charge is 0.491 e. The molecule has 0 saturated carbocycles. The van der Waals surface area contributed by atoms with Gasteiger partial charge in [0.2, 0.25) is 0 Å². The van der Waals surface area contributed by atoms with Crippen molar-refractivity contribution in [2.24, 2.45) is 0 Å². The van der Waals surface area contributed by atoms with E-state index in [1.54, 1.807) is 31.2 Å². The third-order valence-corrected chi connectivity index (χ3v) is 7.17. The Hall–Kier alpha value is -4.12. The second-order valence-electron chi connectivity index (χ2n) is 8.27. The van der Waals surface area contributed by atoms with E-state index < -0.39 is 27.6 Å². The van der Waals surface area contributed by atoms with E-state index in [0.717, 1.165) is 12.1 Å². The number of anilines is 1. The number of rotatable bonds is 4. The molecule has 1 aromatic heterocycles. The molecule has 1 aliphatic rings. The molecule has 5 rings (SSSR count). The Labute approximate surface area is 205 Å². The Morgan fingerprint density at radius 1 is 1.08 bits per heavy atom. The van der Waals surface area contributed by atoms with Gasteiger partial charge in [-0.3, -0.25) is 19.5 Å². The molecule has 0 bridgehead atoms. The summed E-state index contributed by atoms with van der Waals surface area (Å²) in [4.78, 5) is 23.1. The predicted octanol–water partition coefficient (Wildman–Crippen LogP) is 4.05. The molecule has 0 saturated heterocycles. The van der Waals surface area contributed by atoms with E-state index in [-0.39, 0.29) is 52.7 Å². The van der Waals surface area contributed by atoms with Crippen molar-refractivity contribution in [3.63, 3.8) is 0 Å². The van der Waals surface area contributed by atoms with Crippen LogP contribution in [-0.4, -0.2) is 42.3 Å². The zero-order valence-corrected chi connectivity index (χ0v) is 19.9. The Morgan fingerprint density at radius 3 is 2.72 bits per heavy atom. The Bertz CT molecular complexity index is 1610. The zero-order valence-electron chi connectivity index (χ0n) is 19.0. The standard InChI is InChI=1S/C25H20F2N4O4S/c1-15-5-6-17(25(32)31-9-10-35-22-13-16(26)12-19(27)18(22)14-31)21(11-15)30-36(33,34)23-4-2-3-20-24(23)29-8-7-28-20/h2-8,11-13,30H,9-10,14H2,1H3. The summed E-state index contributed by atoms with van der Waals surface area (Å²) in [6.45, 7) is 1.70. The first-order valence-electron chi connectivity index (χ1n) is 11.0. The summed E-state index contributed by atoms with van der Waals surface area (Å²) in [7, 11) is -4.16. The summed E-state index contributed by atoms with van der Waals surface area (Å²) in [5.41, 5.74) is 1.49. The molecule has 0 radical (unpaired) electrons. The Morgan fingerprint density at radius 2 is 1.89 bits per heavy atom. The predicted molar refractivity (Wildman–Crippen MR) is 128 cm³/mol. The van der Waals surface area contributed by atoms with Gasteiger partial charge in [-0.25, -0.2) is 17.2 Å². The van der Waals surface area contributed by atoms with Crippen LogP contribution >= 0.6 is 0 Å². The SMILES string of the molecule is Cc1ccc(C(=O)N2CCOc3cc(F)cc(F)c3C2)c(NS(=O)(=O)c2cccc3nccnc23)c1. The molecule has 4 aromatic rings. The minimum absolute atomic E-state index is 0.0171. The van der Waals surface area contributed by atoms with Gasteiger partial charge < -0.3 is 9.64 Å². The normalized spacial score (nSPS) is 13.6. The quantitative estimate of drug-likeness (QED) is 0.445. The van der Waals surface area contributed by atoms with Gasteiger partial charge in [0.05, 0.1) is 29.9 Å². The third kappa shape index (κ3) is 4.44. The zero-order chi connectivity index (χ0) is 25.4. The highest BCUT2D eigenvalue weighted by atomic mass is 32.2. The van der Waals surface area contributed by atoms with E-state index in [1.165, 1.54) is 29.4 Å². The number of nitrogens with one attached hydrogen (secondary N) is 1. The fourth-order valence-corrected chi connectivity index (χ4v) is 5.29. The van der Waals surface area contributed by atoms with Crippen molar-refractivity contribution in [3.8, 4) is 5.75 Å². The lowest BCUT2D eigenvalue weighted by atomic mass is 10.1. The molecule has 11 heteroatoms. The van der Waals surface area contributed by atoms with Crippen LogP contribution in [0.15, 0.2) is 65.8 Å². The van der Waals surface area contributed by atoms with Crippen molar-refractivity contribution in [2.75, 3.05) is 17.9 Å². The minimum Gasteiger partial charge on any atom is -0.491 e. The van der Waals surface area contributed by atoms with Crippen LogP contribution in [0.4, 0.5) is 14.5 Å². The molecule has 1 amide bonds. The van der Waals surface area contributed by atoms with Crippen LogP contribution in [0.5, 0.6) is 5.75 Å². The van der Waals surface area contributed by atoms with Crippen LogP contribution in [0, 0.1) is 18.6 Å². The molecule has 1 aliphatic heterocycles. The lowest BCUT2D eigenvalue weighted by Gasteiger charge is -2.22. The molecule has 0 atom stereocenters. The second-order valence-corrected chi connectivity index (χ2v) is 9.93. The topological polar surface area (TPSA) is 101 Å². The molecular formula is C25H20F2N4O4S. The van der Waals surface area contributed by atoms with Gasteiger partial charge >= 0.3 is 0 Å². The molecule has 0 aliphatic carbocycles. The number of para-hydroxylation sites is 1. The molecule has 0 spiro atoms. The number of sulfonamides is 1. The van der Waals surface area contributed by atoms with Crippen LogP contribution in [0.1, 0.15) is 21.5 Å². The summed E-state index contributed by atoms with van der Waals surface area (Å²) in [6, 6.07) is 11.1. The number of amides is 1. The number of aromatic nitrogens is 2. The number of carbonyl (C=O) groups is 1. The van der Waals surface area contributed by atoms with Crippen molar-refractivity contribution in [1.29, 1.82) is 0 Å². The van der Waals surface area contributed by atoms with E-state index >= 15 is 0 Å². The maximum absolute atomic E-state index is 14.5. The monoisotopic (exact) mass is 510 g/mol. The number of carbonyl (C=O) groups excluding carboxylic acids is 1. The molecule has 1 N–H and O–H groups in total. The first-order valence-corrected chi connectivity index (χ1v) is 12.4. The summed E-state index contributed by atoms with van der Waals surface area (Å²) < 4.78 is 62.8. The summed E-state index contributed by atoms with van der Waals surface area (Å²) in [6.07, 6.45) is 2.86. The molecule has 3 aromatic carbocycles. The Balaban J connectivity index is 1.51. The van der Waals surface area contributed by atoms with Crippen molar-refractivity contribution < 1.29 is 26.7 Å². The smallest absolute Gasteiger partial charge is 0.264 e. The molecule has 2 heterocycles. The van der Waals surface area contributed by atoms with Gasteiger partial charge in [0.15, 0.2) is 0 Å². The van der Waals surface area contributed by atoms with Crippen LogP contribution < -0.4 is 9.46 Å². The molecule has 184 valence electrons. The fraction of sp³-hybridized carbons (Fsp3) is 0.160. The highest BCUT2D eigenvalue weighted by molar-refractivity contribution is 7.93. The van der Waals surface area contributed by atoms with Gasteiger partial charge in [0, 0.05) is 30.1 Å².